The molecule has 7 heterocycles. The molecule has 124 heavy (non-hydrogen) atoms. The van der Waals surface area contributed by atoms with E-state index in [-0.39, 0.29) is 68.8 Å². The van der Waals surface area contributed by atoms with Crippen molar-refractivity contribution >= 4 is 58.0 Å². The number of methoxy groups -OCH3 is 1. The van der Waals surface area contributed by atoms with Crippen LogP contribution < -0.4 is 59.7 Å². The Balaban J connectivity index is 0.000000153. The number of halogens is 4. The molecular weight excluding hydrogens is 1600 g/mol. The second-order valence-corrected chi connectivity index (χ2v) is 24.9. The number of benzene rings is 8. The molecule has 33 heteroatoms. The van der Waals surface area contributed by atoms with Gasteiger partial charge in [0.2, 0.25) is 0 Å². The molecule has 15 aromatic rings. The van der Waals surface area contributed by atoms with Crippen LogP contribution in [0.15, 0.2) is 300 Å². The predicted molar refractivity (Wildman–Crippen MR) is 448 cm³/mol. The molecule has 0 saturated heterocycles. The van der Waals surface area contributed by atoms with Crippen LogP contribution in [0.3, 0.4) is 0 Å². The minimum absolute atomic E-state index is 0.0232. The number of rotatable bonds is 23. The van der Waals surface area contributed by atoms with Crippen LogP contribution in [-0.4, -0.2) is 103 Å². The van der Waals surface area contributed by atoms with Crippen molar-refractivity contribution in [2.24, 2.45) is 0 Å². The Kier molecular flexibility index (Phi) is 30.2. The molecular formula is C91H67F4N17O12. The van der Waals surface area contributed by atoms with Crippen LogP contribution in [0.2, 0.25) is 0 Å². The second kappa shape index (κ2) is 44.5. The van der Waals surface area contributed by atoms with Crippen molar-refractivity contribution in [1.29, 1.82) is 0 Å². The van der Waals surface area contributed by atoms with Crippen LogP contribution in [0.5, 0.6) is 69.0 Å². The van der Waals surface area contributed by atoms with Gasteiger partial charge in [-0.15, -0.1) is 12.8 Å². The van der Waals surface area contributed by atoms with E-state index >= 15 is 0 Å². The SMILES string of the molecule is C#Cc1ccc(F)c(C(=O)Nc2cc(F)cc(Oc3cncnc3)c2)c1.C#Cc1cccc(C(=O)Nc2cccc(Oc3cncnc3)c2)c1.COc1ccnc(C(=O)Nc2cc(F)cc(Oc3cncnc3)c2)c1.Cc1cccc(C(=O)Nc2cccc(Oc3cncnc3)c2)c1.[2H]C([2H])(C)Oc1ccnc(C(=O)Nc2cc(F)cc(Oc3cncnc3)c2)c1. The molecule has 0 radical (unpaired) electrons. The van der Waals surface area contributed by atoms with Gasteiger partial charge >= 0.3 is 0 Å². The molecule has 29 nitrogen and oxygen atoms in total. The van der Waals surface area contributed by atoms with E-state index in [4.69, 9.17) is 48.7 Å². The lowest BCUT2D eigenvalue weighted by molar-refractivity contribution is 0.101. The predicted octanol–water partition coefficient (Wildman–Crippen LogP) is 17.6. The average molecular weight is 1670 g/mol. The normalized spacial score (nSPS) is 10.4. The molecule has 0 aliphatic carbocycles. The van der Waals surface area contributed by atoms with Crippen molar-refractivity contribution in [3.63, 3.8) is 0 Å². The van der Waals surface area contributed by atoms with Crippen LogP contribution in [0, 0.1) is 54.9 Å². The number of hydrogen-bond acceptors (Lipinski definition) is 24. The van der Waals surface area contributed by atoms with Crippen LogP contribution in [0.4, 0.5) is 46.0 Å². The Morgan fingerprint density at radius 3 is 1.11 bits per heavy atom. The van der Waals surface area contributed by atoms with E-state index in [1.807, 2.05) is 37.3 Å². The fourth-order valence-corrected chi connectivity index (χ4v) is 10.4. The Hall–Kier alpha value is -17.8. The smallest absolute Gasteiger partial charge is 0.274 e. The summed E-state index contributed by atoms with van der Waals surface area (Å²) in [4.78, 5) is 108. The molecule has 0 atom stereocenters. The van der Waals surface area contributed by atoms with Gasteiger partial charge < -0.3 is 59.7 Å². The van der Waals surface area contributed by atoms with E-state index < -0.39 is 47.5 Å². The maximum absolute atomic E-state index is 13.9. The molecule has 0 unspecified atom stereocenters. The lowest BCUT2D eigenvalue weighted by atomic mass is 10.1. The van der Waals surface area contributed by atoms with Crippen molar-refractivity contribution in [3.05, 3.63) is 368 Å². The van der Waals surface area contributed by atoms with Crippen LogP contribution >= 0.6 is 0 Å². The van der Waals surface area contributed by atoms with E-state index in [1.54, 1.807) is 97.6 Å². The number of aryl methyl sites for hydroxylation is 1. The summed E-state index contributed by atoms with van der Waals surface area (Å²) in [6.07, 6.45) is 35.0. The van der Waals surface area contributed by atoms with Gasteiger partial charge in [-0.1, -0.05) is 47.7 Å². The molecule has 0 fully saturated rings. The molecule has 15 rings (SSSR count). The first kappa shape index (κ1) is 84.2. The molecule has 0 spiro atoms. The lowest BCUT2D eigenvalue weighted by Crippen LogP contribution is -2.14. The van der Waals surface area contributed by atoms with E-state index in [1.165, 1.54) is 156 Å². The zero-order chi connectivity index (χ0) is 89.2. The number of aromatic nitrogens is 12. The maximum Gasteiger partial charge on any atom is 0.274 e. The van der Waals surface area contributed by atoms with Crippen molar-refractivity contribution in [2.45, 2.75) is 13.8 Å². The van der Waals surface area contributed by atoms with Gasteiger partial charge in [-0.05, 0) is 117 Å². The summed E-state index contributed by atoms with van der Waals surface area (Å²) in [5.74, 6) is 4.24. The fourth-order valence-electron chi connectivity index (χ4n) is 10.4. The fraction of sp³-hybridized carbons (Fsp3) is 0.0440. The number of nitrogens with zero attached hydrogens (tertiary/aromatic N) is 12. The third-order valence-electron chi connectivity index (χ3n) is 15.8. The quantitative estimate of drug-likeness (QED) is 0.0293. The molecule has 8 aromatic carbocycles. The summed E-state index contributed by atoms with van der Waals surface area (Å²) in [5.41, 5.74) is 4.76. The summed E-state index contributed by atoms with van der Waals surface area (Å²) >= 11 is 0. The summed E-state index contributed by atoms with van der Waals surface area (Å²) in [6, 6.07) is 49.2. The molecule has 5 N–H and O–H groups in total. The van der Waals surface area contributed by atoms with Gasteiger partial charge in [-0.2, -0.15) is 0 Å². The minimum atomic E-state index is -1.91. The number of amides is 5. The molecule has 0 saturated carbocycles. The van der Waals surface area contributed by atoms with Gasteiger partial charge in [0.25, 0.3) is 29.5 Å². The number of pyridine rings is 2. The molecule has 0 aliphatic heterocycles. The van der Waals surface area contributed by atoms with Gasteiger partial charge in [0, 0.05) is 124 Å². The monoisotopic (exact) mass is 1670 g/mol. The van der Waals surface area contributed by atoms with Crippen molar-refractivity contribution in [1.82, 2.24) is 59.8 Å². The van der Waals surface area contributed by atoms with Crippen molar-refractivity contribution in [2.75, 3.05) is 40.3 Å². The Bertz CT molecular complexity index is 6380. The lowest BCUT2D eigenvalue weighted by Gasteiger charge is -2.10. The van der Waals surface area contributed by atoms with Crippen molar-refractivity contribution < 1.29 is 77.4 Å². The summed E-state index contributed by atoms with van der Waals surface area (Å²) in [5, 5.41) is 13.2. The summed E-state index contributed by atoms with van der Waals surface area (Å²) in [7, 11) is 1.49. The summed E-state index contributed by atoms with van der Waals surface area (Å²) < 4.78 is 108. The number of anilines is 5. The highest BCUT2D eigenvalue weighted by atomic mass is 19.1. The maximum atomic E-state index is 13.9. The zero-order valence-corrected chi connectivity index (χ0v) is 65.2. The van der Waals surface area contributed by atoms with Gasteiger partial charge in [0.15, 0.2) is 28.7 Å². The van der Waals surface area contributed by atoms with Gasteiger partial charge in [0.1, 0.15) is 107 Å². The first-order chi connectivity index (χ1) is 60.9. The van der Waals surface area contributed by atoms with Crippen LogP contribution in [0.1, 0.15) is 78.4 Å². The molecule has 7 aromatic heterocycles. The zero-order valence-electron chi connectivity index (χ0n) is 67.2. The minimum Gasteiger partial charge on any atom is -0.497 e. The summed E-state index contributed by atoms with van der Waals surface area (Å²) in [6.45, 7) is 1.28. The van der Waals surface area contributed by atoms with Gasteiger partial charge in [-0.3, -0.25) is 33.9 Å². The number of hydrogen-bond donors (Lipinski definition) is 5. The first-order valence-electron chi connectivity index (χ1n) is 37.3. The van der Waals surface area contributed by atoms with Crippen LogP contribution in [-0.2, 0) is 0 Å². The van der Waals surface area contributed by atoms with Gasteiger partial charge in [0.05, 0.1) is 83.9 Å². The standard InChI is InChI=1S/C19H11F2N3O2.C19H13N3O2.C18H15FN4O3.C18H15N3O2.C17H13FN4O3/c1-2-12-3-4-18(21)17(5-12)19(25)24-14-6-13(20)7-15(8-14)26-16-9-22-11-23-10-16;1-2-14-5-3-6-15(9-14)19(23)22-16-7-4-8-17(10-16)24-18-11-20-13-21-12-18;1-2-25-14-3-4-22-17(8-14)18(24)23-13-5-12(19)6-15(7-13)26-16-9-20-11-21-10-16;1-13-4-2-5-14(8-13)18(22)21-15-6-3-7-16(9-15)23-17-10-19-12-20-11-17;1-24-13-2-3-21-16(7-13)17(23)22-12-4-11(18)5-14(6-12)25-15-8-19-10-20-9-15/h1,3-11H,(H,24,25);1,3-13H,(H,22,23);3-11H,2H2,1H3,(H,23,24);2-12H,1H3,(H,21,22);2-10H,1H3,(H,22,23)/i;;2D2;;. The third-order valence-corrected chi connectivity index (χ3v) is 15.8. The highest BCUT2D eigenvalue weighted by molar-refractivity contribution is 6.07. The van der Waals surface area contributed by atoms with E-state index in [2.05, 4.69) is 98.2 Å². The number of ether oxygens (including phenoxy) is 7. The highest BCUT2D eigenvalue weighted by Gasteiger charge is 2.18. The Labute approximate surface area is 707 Å². The molecule has 0 aliphatic rings. The Morgan fingerprint density at radius 1 is 0.355 bits per heavy atom. The molecule has 616 valence electrons. The number of terminal acetylenes is 2. The van der Waals surface area contributed by atoms with E-state index in [0.717, 1.165) is 35.9 Å². The highest BCUT2D eigenvalue weighted by Crippen LogP contribution is 2.31. The molecule has 5 amide bonds. The number of carbonyl (C=O) groups excluding carboxylic acids is 5. The largest absolute Gasteiger partial charge is 0.497 e. The van der Waals surface area contributed by atoms with Crippen molar-refractivity contribution in [3.8, 4) is 93.7 Å². The second-order valence-electron chi connectivity index (χ2n) is 24.9. The third kappa shape index (κ3) is 27.7. The Morgan fingerprint density at radius 2 is 0.710 bits per heavy atom. The first-order valence-corrected chi connectivity index (χ1v) is 36.3. The number of carbonyl (C=O) groups is 5. The molecule has 0 bridgehead atoms. The van der Waals surface area contributed by atoms with Gasteiger partial charge in [-0.25, -0.2) is 67.4 Å². The number of nitrogens with one attached hydrogen (secondary N) is 5. The topological polar surface area (TPSA) is 365 Å². The van der Waals surface area contributed by atoms with E-state index in [0.29, 0.717) is 79.6 Å². The average Bonchev–Trinajstić information content (AvgIpc) is 0.837. The van der Waals surface area contributed by atoms with E-state index in [9.17, 15) is 41.5 Å². The van der Waals surface area contributed by atoms with Crippen LogP contribution in [0.25, 0.3) is 0 Å².